The molecule has 1 saturated carbocycles. The number of anilines is 1. The molecule has 1 saturated heterocycles. The number of rotatable bonds is 5. The van der Waals surface area contributed by atoms with Crippen molar-refractivity contribution < 1.29 is 9.15 Å². The van der Waals surface area contributed by atoms with Gasteiger partial charge < -0.3 is 14.1 Å². The molecule has 1 atom stereocenters. The van der Waals surface area contributed by atoms with Crippen molar-refractivity contribution >= 4 is 6.01 Å². The number of aromatic nitrogens is 2. The van der Waals surface area contributed by atoms with E-state index in [2.05, 4.69) is 27.2 Å². The van der Waals surface area contributed by atoms with Crippen molar-refractivity contribution in [2.24, 2.45) is 0 Å². The number of nitrogens with zero attached hydrogens (tertiary/aromatic N) is 3. The first-order valence-corrected chi connectivity index (χ1v) is 8.62. The summed E-state index contributed by atoms with van der Waals surface area (Å²) in [4.78, 5) is 2.17. The maximum Gasteiger partial charge on any atom is 0.318 e. The Morgan fingerprint density at radius 3 is 2.74 bits per heavy atom. The van der Waals surface area contributed by atoms with Crippen LogP contribution in [0.4, 0.5) is 6.01 Å². The van der Waals surface area contributed by atoms with E-state index in [-0.39, 0.29) is 6.10 Å². The van der Waals surface area contributed by atoms with Crippen LogP contribution in [0.1, 0.15) is 49.5 Å². The number of piperidine rings is 1. The Labute approximate surface area is 136 Å². The highest BCUT2D eigenvalue weighted by Crippen LogP contribution is 2.36. The van der Waals surface area contributed by atoms with Crippen LogP contribution in [0.15, 0.2) is 34.7 Å². The van der Waals surface area contributed by atoms with Crippen LogP contribution in [-0.2, 0) is 11.3 Å². The molecule has 0 spiro atoms. The summed E-state index contributed by atoms with van der Waals surface area (Å²) in [5.41, 5.74) is 1.22. The second-order valence-electron chi connectivity index (χ2n) is 6.56. The van der Waals surface area contributed by atoms with E-state index < -0.39 is 0 Å². The second-order valence-corrected chi connectivity index (χ2v) is 6.56. The van der Waals surface area contributed by atoms with E-state index in [4.69, 9.17) is 9.15 Å². The lowest BCUT2D eigenvalue weighted by Crippen LogP contribution is -2.39. The molecule has 0 N–H and O–H groups in total. The van der Waals surface area contributed by atoms with Gasteiger partial charge in [0.25, 0.3) is 0 Å². The smallest absolute Gasteiger partial charge is 0.318 e. The highest BCUT2D eigenvalue weighted by molar-refractivity contribution is 5.26. The van der Waals surface area contributed by atoms with Crippen LogP contribution in [0.3, 0.4) is 0 Å². The maximum absolute atomic E-state index is 6.08. The Morgan fingerprint density at radius 1 is 1.09 bits per heavy atom. The average molecular weight is 313 g/mol. The second kappa shape index (κ2) is 6.71. The number of ether oxygens (including phenoxy) is 1. The number of benzene rings is 1. The van der Waals surface area contributed by atoms with Gasteiger partial charge in [0, 0.05) is 19.0 Å². The lowest BCUT2D eigenvalue weighted by Gasteiger charge is -2.31. The molecule has 4 rings (SSSR count). The van der Waals surface area contributed by atoms with Gasteiger partial charge in [-0.1, -0.05) is 41.9 Å². The summed E-state index contributed by atoms with van der Waals surface area (Å²) in [7, 11) is 0. The van der Waals surface area contributed by atoms with Gasteiger partial charge in [-0.15, -0.1) is 5.10 Å². The van der Waals surface area contributed by atoms with Crippen molar-refractivity contribution in [1.29, 1.82) is 0 Å². The van der Waals surface area contributed by atoms with Gasteiger partial charge in [0.1, 0.15) is 0 Å². The first kappa shape index (κ1) is 14.7. The predicted octanol–water partition coefficient (Wildman–Crippen LogP) is 3.52. The molecule has 0 amide bonds. The fourth-order valence-corrected chi connectivity index (χ4v) is 3.21. The van der Waals surface area contributed by atoms with Crippen LogP contribution in [-0.4, -0.2) is 29.4 Å². The lowest BCUT2D eigenvalue weighted by molar-refractivity contribution is 0.0306. The molecule has 2 aromatic rings. The van der Waals surface area contributed by atoms with Crippen LogP contribution in [0.25, 0.3) is 0 Å². The molecule has 1 aromatic heterocycles. The van der Waals surface area contributed by atoms with E-state index in [0.717, 1.165) is 31.8 Å². The van der Waals surface area contributed by atoms with Gasteiger partial charge in [0.15, 0.2) is 0 Å². The molecule has 5 nitrogen and oxygen atoms in total. The van der Waals surface area contributed by atoms with Crippen molar-refractivity contribution in [3.63, 3.8) is 0 Å². The van der Waals surface area contributed by atoms with Crippen LogP contribution >= 0.6 is 0 Å². The summed E-state index contributed by atoms with van der Waals surface area (Å²) >= 11 is 0. The van der Waals surface area contributed by atoms with Gasteiger partial charge in [-0.05, 0) is 31.2 Å². The lowest BCUT2D eigenvalue weighted by atomic mass is 9.85. The summed E-state index contributed by atoms with van der Waals surface area (Å²) in [6, 6.07) is 11.0. The molecular formula is C18H23N3O2. The minimum absolute atomic E-state index is 0.225. The quantitative estimate of drug-likeness (QED) is 0.845. The first-order valence-electron chi connectivity index (χ1n) is 8.62. The van der Waals surface area contributed by atoms with E-state index in [0.29, 0.717) is 18.5 Å². The predicted molar refractivity (Wildman–Crippen MR) is 87.4 cm³/mol. The summed E-state index contributed by atoms with van der Waals surface area (Å²) < 4.78 is 12.0. The zero-order valence-electron chi connectivity index (χ0n) is 13.4. The molecular weight excluding hydrogens is 290 g/mol. The zero-order valence-corrected chi connectivity index (χ0v) is 13.4. The van der Waals surface area contributed by atoms with Crippen LogP contribution < -0.4 is 4.90 Å². The minimum atomic E-state index is 0.225. The van der Waals surface area contributed by atoms with Crippen molar-refractivity contribution in [2.45, 2.75) is 50.7 Å². The molecule has 0 unspecified atom stereocenters. The molecule has 2 heterocycles. The molecule has 1 aliphatic heterocycles. The van der Waals surface area contributed by atoms with Crippen molar-refractivity contribution in [1.82, 2.24) is 10.2 Å². The Kier molecular flexibility index (Phi) is 4.28. The van der Waals surface area contributed by atoms with E-state index >= 15 is 0 Å². The Balaban J connectivity index is 1.34. The van der Waals surface area contributed by atoms with E-state index in [9.17, 15) is 0 Å². The minimum Gasteiger partial charge on any atom is -0.408 e. The van der Waals surface area contributed by atoms with Gasteiger partial charge in [0.05, 0.1) is 12.7 Å². The average Bonchev–Trinajstić information content (AvgIpc) is 3.02. The van der Waals surface area contributed by atoms with Crippen molar-refractivity contribution in [3.8, 4) is 0 Å². The SMILES string of the molecule is c1ccc(CO[C@@H]2CCCN(c3nnc(C4CCC4)o3)C2)cc1. The largest absolute Gasteiger partial charge is 0.408 e. The molecule has 2 aliphatic rings. The van der Waals surface area contributed by atoms with Gasteiger partial charge >= 0.3 is 6.01 Å². The van der Waals surface area contributed by atoms with Crippen LogP contribution in [0.2, 0.25) is 0 Å². The third-order valence-corrected chi connectivity index (χ3v) is 4.86. The Morgan fingerprint density at radius 2 is 1.96 bits per heavy atom. The molecule has 0 radical (unpaired) electrons. The van der Waals surface area contributed by atoms with Gasteiger partial charge in [0.2, 0.25) is 5.89 Å². The number of hydrogen-bond donors (Lipinski definition) is 0. The summed E-state index contributed by atoms with van der Waals surface area (Å²) in [5.74, 6) is 1.31. The molecule has 5 heteroatoms. The monoisotopic (exact) mass is 313 g/mol. The first-order chi connectivity index (χ1) is 11.4. The molecule has 2 fully saturated rings. The molecule has 0 bridgehead atoms. The third-order valence-electron chi connectivity index (χ3n) is 4.86. The van der Waals surface area contributed by atoms with Crippen molar-refractivity contribution in [3.05, 3.63) is 41.8 Å². The molecule has 1 aliphatic carbocycles. The highest BCUT2D eigenvalue weighted by Gasteiger charge is 2.28. The third kappa shape index (κ3) is 3.39. The highest BCUT2D eigenvalue weighted by atomic mass is 16.5. The Hall–Kier alpha value is -1.88. The fraction of sp³-hybridized carbons (Fsp3) is 0.556. The van der Waals surface area contributed by atoms with Gasteiger partial charge in [-0.2, -0.15) is 0 Å². The Bertz CT molecular complexity index is 624. The fourth-order valence-electron chi connectivity index (χ4n) is 3.21. The molecule has 23 heavy (non-hydrogen) atoms. The number of hydrogen-bond acceptors (Lipinski definition) is 5. The van der Waals surface area contributed by atoms with Gasteiger partial charge in [-0.3, -0.25) is 0 Å². The van der Waals surface area contributed by atoms with E-state index in [1.807, 2.05) is 18.2 Å². The van der Waals surface area contributed by atoms with Crippen molar-refractivity contribution in [2.75, 3.05) is 18.0 Å². The van der Waals surface area contributed by atoms with Crippen LogP contribution in [0.5, 0.6) is 0 Å². The van der Waals surface area contributed by atoms with E-state index in [1.165, 1.54) is 24.8 Å². The van der Waals surface area contributed by atoms with Crippen LogP contribution in [0, 0.1) is 0 Å². The summed E-state index contributed by atoms with van der Waals surface area (Å²) in [5, 5.41) is 8.48. The summed E-state index contributed by atoms with van der Waals surface area (Å²) in [6.07, 6.45) is 6.06. The summed E-state index contributed by atoms with van der Waals surface area (Å²) in [6.45, 7) is 2.47. The molecule has 1 aromatic carbocycles. The zero-order chi connectivity index (χ0) is 15.5. The topological polar surface area (TPSA) is 51.4 Å². The standard InChI is InChI=1S/C18H23N3O2/c1-2-6-14(7-3-1)13-22-16-10-5-11-21(12-16)18-20-19-17(23-18)15-8-4-9-15/h1-3,6-7,15-16H,4-5,8-13H2/t16-/m1/s1. The molecule has 122 valence electrons. The maximum atomic E-state index is 6.08. The van der Waals surface area contributed by atoms with E-state index in [1.54, 1.807) is 0 Å². The van der Waals surface area contributed by atoms with Gasteiger partial charge in [-0.25, -0.2) is 0 Å². The normalized spacial score (nSPS) is 22.1.